The maximum Gasteiger partial charge on any atom is 0.491 e. The molecule has 2 rings (SSSR count). The zero-order chi connectivity index (χ0) is 18.8. The van der Waals surface area contributed by atoms with Crippen molar-refractivity contribution < 1.29 is 19.2 Å². The van der Waals surface area contributed by atoms with Gasteiger partial charge in [0.1, 0.15) is 5.82 Å². The van der Waals surface area contributed by atoms with Gasteiger partial charge in [-0.25, -0.2) is 4.39 Å². The molecule has 5 nitrogen and oxygen atoms in total. The van der Waals surface area contributed by atoms with E-state index < -0.39 is 18.3 Å². The van der Waals surface area contributed by atoms with Crippen LogP contribution in [0.1, 0.15) is 33.3 Å². The molecule has 9 heteroatoms. The largest absolute Gasteiger partial charge is 0.491 e. The molecular weight excluding hydrogens is 393 g/mol. The van der Waals surface area contributed by atoms with Gasteiger partial charge in [-0.2, -0.15) is 0 Å². The molecule has 0 atom stereocenters. The molecule has 1 aliphatic heterocycles. The van der Waals surface area contributed by atoms with E-state index >= 15 is 0 Å². The molecule has 1 fully saturated rings. The highest BCUT2D eigenvalue weighted by atomic mass is 35.5. The fourth-order valence-electron chi connectivity index (χ4n) is 2.69. The van der Waals surface area contributed by atoms with Crippen LogP contribution in [0.15, 0.2) is 18.2 Å². The standard InChI is InChI=1S/C18H30BFN2O3.2ClH/c1-17(2,23)18(3,4)25-19(24)16-7-6-15(20)12-14(16)13-22-10-8-21(5)9-11-22;;/h6-7,12,23-24H,8-11,13H2,1-5H3;2*1H. The Labute approximate surface area is 174 Å². The molecular formula is C18H32BCl2FN2O3. The third kappa shape index (κ3) is 7.17. The quantitative estimate of drug-likeness (QED) is 0.680. The average molecular weight is 425 g/mol. The first-order chi connectivity index (χ1) is 11.5. The van der Waals surface area contributed by atoms with Gasteiger partial charge in [0.15, 0.2) is 0 Å². The second kappa shape index (κ2) is 10.4. The Kier molecular flexibility index (Phi) is 10.2. The van der Waals surface area contributed by atoms with E-state index in [2.05, 4.69) is 16.8 Å². The van der Waals surface area contributed by atoms with Gasteiger partial charge in [-0.1, -0.05) is 6.07 Å². The Hall–Kier alpha value is -0.405. The lowest BCUT2D eigenvalue weighted by Gasteiger charge is -2.38. The molecule has 1 aromatic carbocycles. The third-order valence-corrected chi connectivity index (χ3v) is 5.24. The van der Waals surface area contributed by atoms with E-state index in [1.54, 1.807) is 33.8 Å². The van der Waals surface area contributed by atoms with Crippen molar-refractivity contribution in [2.75, 3.05) is 33.2 Å². The minimum Gasteiger partial charge on any atom is -0.423 e. The molecule has 0 bridgehead atoms. The lowest BCUT2D eigenvalue weighted by Crippen LogP contribution is -2.54. The number of benzene rings is 1. The fourth-order valence-corrected chi connectivity index (χ4v) is 2.69. The summed E-state index contributed by atoms with van der Waals surface area (Å²) in [5, 5.41) is 20.8. The molecule has 27 heavy (non-hydrogen) atoms. The van der Waals surface area contributed by atoms with Crippen molar-refractivity contribution in [2.45, 2.75) is 45.4 Å². The molecule has 0 spiro atoms. The van der Waals surface area contributed by atoms with Crippen molar-refractivity contribution in [1.29, 1.82) is 0 Å². The highest BCUT2D eigenvalue weighted by Crippen LogP contribution is 2.25. The van der Waals surface area contributed by atoms with Gasteiger partial charge in [0.05, 0.1) is 11.2 Å². The number of halogens is 3. The molecule has 1 aromatic rings. The first kappa shape index (κ1) is 26.6. The second-order valence-corrected chi connectivity index (χ2v) is 7.96. The van der Waals surface area contributed by atoms with Gasteiger partial charge >= 0.3 is 7.12 Å². The highest BCUT2D eigenvalue weighted by Gasteiger charge is 2.40. The first-order valence-corrected chi connectivity index (χ1v) is 8.77. The van der Waals surface area contributed by atoms with Crippen molar-refractivity contribution in [3.63, 3.8) is 0 Å². The van der Waals surface area contributed by atoms with Gasteiger partial charge in [-0.05, 0) is 57.9 Å². The fraction of sp³-hybridized carbons (Fsp3) is 0.667. The van der Waals surface area contributed by atoms with E-state index in [0.717, 1.165) is 26.2 Å². The summed E-state index contributed by atoms with van der Waals surface area (Å²) in [6.07, 6.45) is 0. The van der Waals surface area contributed by atoms with E-state index in [1.807, 2.05) is 0 Å². The monoisotopic (exact) mass is 424 g/mol. The average Bonchev–Trinajstić information content (AvgIpc) is 2.48. The number of piperazine rings is 1. The van der Waals surface area contributed by atoms with Gasteiger partial charge in [0.2, 0.25) is 0 Å². The summed E-state index contributed by atoms with van der Waals surface area (Å²) in [7, 11) is 0.853. The molecule has 156 valence electrons. The van der Waals surface area contributed by atoms with Crippen molar-refractivity contribution in [2.24, 2.45) is 0 Å². The lowest BCUT2D eigenvalue weighted by molar-refractivity contribution is -0.0982. The Morgan fingerprint density at radius 2 is 1.67 bits per heavy atom. The molecule has 0 amide bonds. The molecule has 0 aliphatic carbocycles. The summed E-state index contributed by atoms with van der Waals surface area (Å²) in [6, 6.07) is 4.34. The van der Waals surface area contributed by atoms with Crippen LogP contribution in [0.4, 0.5) is 4.39 Å². The summed E-state index contributed by atoms with van der Waals surface area (Å²) < 4.78 is 19.5. The van der Waals surface area contributed by atoms with Crippen LogP contribution in [0.2, 0.25) is 0 Å². The number of likely N-dealkylation sites (N-methyl/N-ethyl adjacent to an activating group) is 1. The highest BCUT2D eigenvalue weighted by molar-refractivity contribution is 6.60. The summed E-state index contributed by atoms with van der Waals surface area (Å²) in [4.78, 5) is 4.50. The predicted molar refractivity (Wildman–Crippen MR) is 113 cm³/mol. The zero-order valence-corrected chi connectivity index (χ0v) is 18.4. The second-order valence-electron chi connectivity index (χ2n) is 7.96. The first-order valence-electron chi connectivity index (χ1n) is 8.77. The number of hydrogen-bond acceptors (Lipinski definition) is 5. The normalized spacial score (nSPS) is 16.4. The molecule has 0 aromatic heterocycles. The zero-order valence-electron chi connectivity index (χ0n) is 16.7. The SMILES string of the molecule is CN1CCN(Cc2cc(F)ccc2B(O)OC(C)(C)C(C)(C)O)CC1.Cl.Cl. The van der Waals surface area contributed by atoms with Crippen molar-refractivity contribution in [3.05, 3.63) is 29.6 Å². The molecule has 1 heterocycles. The van der Waals surface area contributed by atoms with Gasteiger partial charge in [-0.3, -0.25) is 4.90 Å². The number of aliphatic hydroxyl groups is 1. The van der Waals surface area contributed by atoms with E-state index in [-0.39, 0.29) is 30.6 Å². The molecule has 1 aliphatic rings. The Balaban J connectivity index is 0.00000338. The summed E-state index contributed by atoms with van der Waals surface area (Å²) in [5.74, 6) is -0.332. The van der Waals surface area contributed by atoms with Crippen LogP contribution in [0.5, 0.6) is 0 Å². The third-order valence-electron chi connectivity index (χ3n) is 5.24. The Morgan fingerprint density at radius 3 is 2.19 bits per heavy atom. The van der Waals surface area contributed by atoms with E-state index in [0.29, 0.717) is 17.6 Å². The smallest absolute Gasteiger partial charge is 0.423 e. The van der Waals surface area contributed by atoms with Gasteiger partial charge in [0.25, 0.3) is 0 Å². The van der Waals surface area contributed by atoms with Crippen molar-refractivity contribution >= 4 is 37.4 Å². The van der Waals surface area contributed by atoms with Gasteiger partial charge in [0, 0.05) is 32.7 Å². The molecule has 0 radical (unpaired) electrons. The predicted octanol–water partition coefficient (Wildman–Crippen LogP) is 1.67. The maximum absolute atomic E-state index is 13.8. The van der Waals surface area contributed by atoms with Crippen LogP contribution < -0.4 is 5.46 Å². The number of hydrogen-bond donors (Lipinski definition) is 2. The number of rotatable bonds is 6. The van der Waals surface area contributed by atoms with Crippen molar-refractivity contribution in [3.8, 4) is 0 Å². The number of nitrogens with zero attached hydrogens (tertiary/aromatic N) is 2. The van der Waals surface area contributed by atoms with Crippen LogP contribution in [-0.2, 0) is 11.2 Å². The topological polar surface area (TPSA) is 56.2 Å². The van der Waals surface area contributed by atoms with Crippen LogP contribution in [-0.4, -0.2) is 71.5 Å². The van der Waals surface area contributed by atoms with E-state index in [4.69, 9.17) is 4.65 Å². The maximum atomic E-state index is 13.8. The Morgan fingerprint density at radius 1 is 1.11 bits per heavy atom. The minimum absolute atomic E-state index is 0. The van der Waals surface area contributed by atoms with Crippen LogP contribution >= 0.6 is 24.8 Å². The van der Waals surface area contributed by atoms with E-state index in [1.165, 1.54) is 12.1 Å². The summed E-state index contributed by atoms with van der Waals surface area (Å²) >= 11 is 0. The molecule has 2 N–H and O–H groups in total. The van der Waals surface area contributed by atoms with E-state index in [9.17, 15) is 14.5 Å². The summed E-state index contributed by atoms with van der Waals surface area (Å²) in [5.41, 5.74) is -0.849. The minimum atomic E-state index is -1.23. The molecule has 0 saturated carbocycles. The molecule has 0 unspecified atom stereocenters. The van der Waals surface area contributed by atoms with Gasteiger partial charge < -0.3 is 19.7 Å². The summed E-state index contributed by atoms with van der Waals surface area (Å²) in [6.45, 7) is 11.0. The van der Waals surface area contributed by atoms with Crippen LogP contribution in [0.3, 0.4) is 0 Å². The lowest BCUT2D eigenvalue weighted by atomic mass is 9.74. The van der Waals surface area contributed by atoms with Crippen LogP contribution in [0, 0.1) is 5.82 Å². The van der Waals surface area contributed by atoms with Crippen molar-refractivity contribution in [1.82, 2.24) is 9.80 Å². The van der Waals surface area contributed by atoms with Crippen LogP contribution in [0.25, 0.3) is 0 Å². The Bertz CT molecular complexity index is 594. The molecule has 1 saturated heterocycles. The van der Waals surface area contributed by atoms with Gasteiger partial charge in [-0.15, -0.1) is 24.8 Å².